The van der Waals surface area contributed by atoms with Gasteiger partial charge in [-0.15, -0.1) is 0 Å². The summed E-state index contributed by atoms with van der Waals surface area (Å²) in [5.74, 6) is -1.91. The number of rotatable bonds is 10. The predicted octanol–water partition coefficient (Wildman–Crippen LogP) is 3.14. The average molecular weight is 516 g/mol. The fourth-order valence-corrected chi connectivity index (χ4v) is 3.63. The zero-order valence-corrected chi connectivity index (χ0v) is 20.2. The van der Waals surface area contributed by atoms with E-state index in [1.807, 2.05) is 0 Å². The van der Waals surface area contributed by atoms with Gasteiger partial charge in [0.15, 0.2) is 6.10 Å². The summed E-state index contributed by atoms with van der Waals surface area (Å²) in [5, 5.41) is 15.0. The number of hydrogen-bond acceptors (Lipinski definition) is 5. The van der Waals surface area contributed by atoms with Crippen LogP contribution in [0.15, 0.2) is 48.5 Å². The van der Waals surface area contributed by atoms with E-state index in [1.165, 1.54) is 45.2 Å². The van der Waals surface area contributed by atoms with Crippen molar-refractivity contribution in [3.05, 3.63) is 64.7 Å². The van der Waals surface area contributed by atoms with E-state index in [-0.39, 0.29) is 12.0 Å². The normalized spacial score (nSPS) is 15.1. The minimum Gasteiger partial charge on any atom is -0.497 e. The third-order valence-corrected chi connectivity index (χ3v) is 5.62. The lowest BCUT2D eigenvalue weighted by molar-refractivity contribution is -0.215. The molecule has 2 amide bonds. The first kappa shape index (κ1) is 28.4. The van der Waals surface area contributed by atoms with E-state index in [1.54, 1.807) is 24.3 Å². The van der Waals surface area contributed by atoms with Crippen LogP contribution in [-0.2, 0) is 16.0 Å². The Bertz CT molecular complexity index is 1000. The summed E-state index contributed by atoms with van der Waals surface area (Å²) in [7, 11) is 1.45. The highest BCUT2D eigenvalue weighted by atomic mass is 35.5. The number of nitrogens with two attached hydrogens (primary N) is 1. The van der Waals surface area contributed by atoms with Crippen LogP contribution in [0.1, 0.15) is 31.0 Å². The SMILES string of the molecule is COc1ccc(C(NC(=O)C(N)Cc2cccc(Cl)c2)C(=O)NC(C(C)C)C(O)C(F)(F)F)cc1. The van der Waals surface area contributed by atoms with E-state index in [4.69, 9.17) is 22.1 Å². The second kappa shape index (κ2) is 12.2. The molecule has 0 aliphatic rings. The summed E-state index contributed by atoms with van der Waals surface area (Å²) >= 11 is 5.96. The van der Waals surface area contributed by atoms with Crippen molar-refractivity contribution < 1.29 is 32.6 Å². The van der Waals surface area contributed by atoms with Crippen LogP contribution in [-0.4, -0.2) is 48.4 Å². The Balaban J connectivity index is 2.28. The van der Waals surface area contributed by atoms with Gasteiger partial charge in [0, 0.05) is 5.02 Å². The van der Waals surface area contributed by atoms with Crippen LogP contribution < -0.4 is 21.1 Å². The number of halogens is 4. The Kier molecular flexibility index (Phi) is 9.93. The molecule has 2 aromatic carbocycles. The van der Waals surface area contributed by atoms with Gasteiger partial charge >= 0.3 is 6.18 Å². The molecule has 2 aromatic rings. The number of carbonyl (C=O) groups excluding carboxylic acids is 2. The van der Waals surface area contributed by atoms with Gasteiger partial charge in [-0.2, -0.15) is 13.2 Å². The maximum atomic E-state index is 13.2. The van der Waals surface area contributed by atoms with Crippen molar-refractivity contribution in [1.82, 2.24) is 10.6 Å². The molecule has 0 aromatic heterocycles. The average Bonchev–Trinajstić information content (AvgIpc) is 2.79. The van der Waals surface area contributed by atoms with Gasteiger partial charge in [-0.3, -0.25) is 9.59 Å². The molecule has 0 saturated carbocycles. The van der Waals surface area contributed by atoms with E-state index < -0.39 is 48.1 Å². The second-order valence-electron chi connectivity index (χ2n) is 8.42. The lowest BCUT2D eigenvalue weighted by atomic mass is 9.96. The van der Waals surface area contributed by atoms with Crippen molar-refractivity contribution in [3.8, 4) is 5.75 Å². The fraction of sp³-hybridized carbons (Fsp3) is 0.417. The molecular weight excluding hydrogens is 487 g/mol. The molecule has 0 fully saturated rings. The first-order valence-corrected chi connectivity index (χ1v) is 11.2. The van der Waals surface area contributed by atoms with E-state index in [2.05, 4.69) is 10.6 Å². The number of ether oxygens (including phenoxy) is 1. The van der Waals surface area contributed by atoms with Gasteiger partial charge in [0.05, 0.1) is 19.2 Å². The molecule has 2 rings (SSSR count). The van der Waals surface area contributed by atoms with Gasteiger partial charge in [0.1, 0.15) is 11.8 Å². The number of amides is 2. The minimum atomic E-state index is -4.94. The largest absolute Gasteiger partial charge is 0.497 e. The third kappa shape index (κ3) is 8.12. The van der Waals surface area contributed by atoms with Crippen molar-refractivity contribution in [2.75, 3.05) is 7.11 Å². The molecule has 4 unspecified atom stereocenters. The standard InChI is InChI=1S/C24H29ClF3N3O4/c1-13(2)19(21(32)24(26,27)28)30-23(34)20(15-7-9-17(35-3)10-8-15)31-22(33)18(29)12-14-5-4-6-16(25)11-14/h4-11,13,18-21,32H,12,29H2,1-3H3,(H,30,34)(H,31,33). The van der Waals surface area contributed by atoms with Crippen LogP contribution in [0.5, 0.6) is 5.75 Å². The van der Waals surface area contributed by atoms with Crippen molar-refractivity contribution in [2.24, 2.45) is 11.7 Å². The van der Waals surface area contributed by atoms with E-state index in [0.29, 0.717) is 16.3 Å². The van der Waals surface area contributed by atoms with Crippen molar-refractivity contribution in [3.63, 3.8) is 0 Å². The lowest BCUT2D eigenvalue weighted by Crippen LogP contribution is -2.56. The third-order valence-electron chi connectivity index (χ3n) is 5.38. The van der Waals surface area contributed by atoms with Crippen LogP contribution in [0.4, 0.5) is 13.2 Å². The van der Waals surface area contributed by atoms with Gasteiger partial charge < -0.3 is 26.2 Å². The molecule has 7 nitrogen and oxygen atoms in total. The Morgan fingerprint density at radius 2 is 1.71 bits per heavy atom. The highest BCUT2D eigenvalue weighted by molar-refractivity contribution is 6.30. The number of aliphatic hydroxyl groups is 1. The molecule has 0 saturated heterocycles. The van der Waals surface area contributed by atoms with Gasteiger partial charge in [0.25, 0.3) is 0 Å². The number of nitrogens with one attached hydrogen (secondary N) is 2. The second-order valence-corrected chi connectivity index (χ2v) is 8.86. The molecule has 0 aliphatic heterocycles. The number of aliphatic hydroxyl groups excluding tert-OH is 1. The summed E-state index contributed by atoms with van der Waals surface area (Å²) in [6.07, 6.45) is -7.62. The summed E-state index contributed by atoms with van der Waals surface area (Å²) in [6, 6.07) is 8.75. The Labute approximate surface area is 206 Å². The van der Waals surface area contributed by atoms with Crippen LogP contribution >= 0.6 is 11.6 Å². The first-order chi connectivity index (χ1) is 16.3. The van der Waals surface area contributed by atoms with E-state index >= 15 is 0 Å². The van der Waals surface area contributed by atoms with Gasteiger partial charge in [-0.1, -0.05) is 49.7 Å². The van der Waals surface area contributed by atoms with Gasteiger partial charge in [-0.05, 0) is 47.7 Å². The maximum absolute atomic E-state index is 13.2. The van der Waals surface area contributed by atoms with Crippen molar-refractivity contribution in [2.45, 2.75) is 50.7 Å². The molecule has 0 bridgehead atoms. The monoisotopic (exact) mass is 515 g/mol. The summed E-state index contributed by atoms with van der Waals surface area (Å²) in [4.78, 5) is 26.0. The zero-order chi connectivity index (χ0) is 26.3. The highest BCUT2D eigenvalue weighted by Gasteiger charge is 2.45. The smallest absolute Gasteiger partial charge is 0.416 e. The van der Waals surface area contributed by atoms with Crippen molar-refractivity contribution in [1.29, 1.82) is 0 Å². The molecule has 0 spiro atoms. The maximum Gasteiger partial charge on any atom is 0.416 e. The number of methoxy groups -OCH3 is 1. The summed E-state index contributed by atoms with van der Waals surface area (Å²) in [5.41, 5.74) is 7.01. The van der Waals surface area contributed by atoms with Gasteiger partial charge in [0.2, 0.25) is 11.8 Å². The Morgan fingerprint density at radius 3 is 2.23 bits per heavy atom. The molecule has 0 radical (unpaired) electrons. The molecular formula is C24H29ClF3N3O4. The van der Waals surface area contributed by atoms with E-state index in [0.717, 1.165) is 0 Å². The Morgan fingerprint density at radius 1 is 1.09 bits per heavy atom. The van der Waals surface area contributed by atoms with E-state index in [9.17, 15) is 27.9 Å². The number of benzene rings is 2. The summed E-state index contributed by atoms with van der Waals surface area (Å²) in [6.45, 7) is 2.86. The number of carbonyl (C=O) groups is 2. The summed E-state index contributed by atoms with van der Waals surface area (Å²) < 4.78 is 44.6. The fourth-order valence-electron chi connectivity index (χ4n) is 3.42. The zero-order valence-electron chi connectivity index (χ0n) is 19.5. The molecule has 35 heavy (non-hydrogen) atoms. The molecule has 0 aliphatic carbocycles. The minimum absolute atomic E-state index is 0.116. The number of hydrogen-bond donors (Lipinski definition) is 4. The lowest BCUT2D eigenvalue weighted by Gasteiger charge is -2.31. The molecule has 11 heteroatoms. The molecule has 0 heterocycles. The van der Waals surface area contributed by atoms with Crippen LogP contribution in [0.2, 0.25) is 5.02 Å². The highest BCUT2D eigenvalue weighted by Crippen LogP contribution is 2.26. The Hall–Kier alpha value is -2.82. The van der Waals surface area contributed by atoms with Crippen molar-refractivity contribution >= 4 is 23.4 Å². The van der Waals surface area contributed by atoms with Crippen LogP contribution in [0, 0.1) is 5.92 Å². The topological polar surface area (TPSA) is 114 Å². The number of alkyl halides is 3. The van der Waals surface area contributed by atoms with Crippen LogP contribution in [0.3, 0.4) is 0 Å². The molecule has 5 N–H and O–H groups in total. The van der Waals surface area contributed by atoms with Gasteiger partial charge in [-0.25, -0.2) is 0 Å². The first-order valence-electron chi connectivity index (χ1n) is 10.8. The van der Waals surface area contributed by atoms with Crippen LogP contribution in [0.25, 0.3) is 0 Å². The predicted molar refractivity (Wildman–Crippen MR) is 126 cm³/mol. The molecule has 192 valence electrons. The molecule has 4 atom stereocenters. The quantitative estimate of drug-likeness (QED) is 0.388.